The lowest BCUT2D eigenvalue weighted by Crippen LogP contribution is -2.01. The number of para-hydroxylation sites is 2. The van der Waals surface area contributed by atoms with Gasteiger partial charge in [-0.15, -0.1) is 0 Å². The van der Waals surface area contributed by atoms with Crippen molar-refractivity contribution >= 4 is 65.8 Å². The van der Waals surface area contributed by atoms with Crippen molar-refractivity contribution in [1.29, 1.82) is 0 Å². The summed E-state index contributed by atoms with van der Waals surface area (Å²) in [6.07, 6.45) is 0. The molecule has 0 unspecified atom stereocenters. The SMILES string of the molecule is c1ccc(-c2ccc(-c3cc(-c4ccccc4)nc(-c4ccc(-n5c6ccccc6c6c7oc(-c8ccccc8)nc7ccc65)cc4)c3)cc2)cc1.c1ccc(-c2ccc(-c3nc(-c4ccccc4)nc(-c4cccc(-n5c6ccccc6c6c7oc(-c8ccccc8)nc7ccc65)c4)n3)cc2)cc1. The van der Waals surface area contributed by atoms with Crippen LogP contribution in [0, 0.1) is 0 Å². The number of nitrogens with zero attached hydrogens (tertiary/aromatic N) is 8. The van der Waals surface area contributed by atoms with Gasteiger partial charge in [-0.2, -0.15) is 0 Å². The largest absolute Gasteiger partial charge is 0.435 e. The van der Waals surface area contributed by atoms with E-state index in [0.717, 1.165) is 150 Å². The zero-order valence-corrected chi connectivity index (χ0v) is 56.0. The van der Waals surface area contributed by atoms with Gasteiger partial charge in [0, 0.05) is 61.1 Å². The first-order valence-corrected chi connectivity index (χ1v) is 34.7. The third-order valence-electron chi connectivity index (χ3n) is 19.3. The summed E-state index contributed by atoms with van der Waals surface area (Å²) in [4.78, 5) is 30.0. The molecule has 6 aromatic heterocycles. The average molecular weight is 1330 g/mol. The van der Waals surface area contributed by atoms with Crippen molar-refractivity contribution in [2.45, 2.75) is 0 Å². The summed E-state index contributed by atoms with van der Waals surface area (Å²) >= 11 is 0. The fourth-order valence-electron chi connectivity index (χ4n) is 14.3. The second kappa shape index (κ2) is 26.1. The van der Waals surface area contributed by atoms with Gasteiger partial charge in [-0.25, -0.2) is 29.9 Å². The Kier molecular flexibility index (Phi) is 15.3. The molecule has 0 radical (unpaired) electrons. The minimum atomic E-state index is 0.601. The third-order valence-corrected chi connectivity index (χ3v) is 19.3. The molecule has 0 fully saturated rings. The topological polar surface area (TPSA) is 113 Å². The number of oxazole rings is 2. The molecule has 0 saturated carbocycles. The number of fused-ring (bicyclic) bond motifs is 10. The highest BCUT2D eigenvalue weighted by atomic mass is 16.4. The van der Waals surface area contributed by atoms with Crippen molar-refractivity contribution < 1.29 is 8.83 Å². The van der Waals surface area contributed by atoms with Crippen LogP contribution in [-0.4, -0.2) is 39.0 Å². The van der Waals surface area contributed by atoms with E-state index in [9.17, 15) is 0 Å². The third kappa shape index (κ3) is 11.3. The van der Waals surface area contributed by atoms with Crippen molar-refractivity contribution in [3.8, 4) is 124 Å². The zero-order chi connectivity index (χ0) is 68.9. The fraction of sp³-hybridized carbons (Fsp3) is 0. The molecular formula is C94H60N8O2. The lowest BCUT2D eigenvalue weighted by molar-refractivity contribution is 0.622. The predicted molar refractivity (Wildman–Crippen MR) is 422 cm³/mol. The molecule has 10 nitrogen and oxygen atoms in total. The Morgan fingerprint density at radius 2 is 0.538 bits per heavy atom. The Balaban J connectivity index is 0.000000143. The second-order valence-corrected chi connectivity index (χ2v) is 25.7. The van der Waals surface area contributed by atoms with Crippen LogP contribution in [-0.2, 0) is 0 Å². The normalized spacial score (nSPS) is 11.5. The van der Waals surface area contributed by atoms with E-state index < -0.39 is 0 Å². The van der Waals surface area contributed by atoms with Gasteiger partial charge in [-0.1, -0.05) is 267 Å². The Hall–Kier alpha value is -14.2. The Morgan fingerprint density at radius 1 is 0.202 bits per heavy atom. The van der Waals surface area contributed by atoms with Crippen LogP contribution in [0.3, 0.4) is 0 Å². The van der Waals surface area contributed by atoms with E-state index in [1.165, 1.54) is 11.1 Å². The summed E-state index contributed by atoms with van der Waals surface area (Å²) in [5.74, 6) is 3.07. The van der Waals surface area contributed by atoms with Crippen molar-refractivity contribution in [3.63, 3.8) is 0 Å². The zero-order valence-electron chi connectivity index (χ0n) is 56.0. The van der Waals surface area contributed by atoms with Gasteiger partial charge in [0.25, 0.3) is 0 Å². The summed E-state index contributed by atoms with van der Waals surface area (Å²) in [6, 6.07) is 125. The summed E-state index contributed by atoms with van der Waals surface area (Å²) in [6.45, 7) is 0. The molecule has 0 aliphatic carbocycles. The number of rotatable bonds is 12. The summed E-state index contributed by atoms with van der Waals surface area (Å²) in [5, 5.41) is 4.31. The number of aromatic nitrogens is 8. The highest BCUT2D eigenvalue weighted by Gasteiger charge is 2.23. The number of pyridine rings is 1. The number of hydrogen-bond donors (Lipinski definition) is 0. The first-order valence-electron chi connectivity index (χ1n) is 34.7. The van der Waals surface area contributed by atoms with Gasteiger partial charge in [0.1, 0.15) is 11.0 Å². The van der Waals surface area contributed by atoms with E-state index >= 15 is 0 Å². The molecule has 104 heavy (non-hydrogen) atoms. The smallest absolute Gasteiger partial charge is 0.227 e. The maximum absolute atomic E-state index is 6.51. The minimum Gasteiger partial charge on any atom is -0.435 e. The molecule has 488 valence electrons. The fourth-order valence-corrected chi connectivity index (χ4v) is 14.3. The van der Waals surface area contributed by atoms with Crippen LogP contribution in [0.1, 0.15) is 0 Å². The molecule has 0 spiro atoms. The number of hydrogen-bond acceptors (Lipinski definition) is 8. The summed E-state index contributed by atoms with van der Waals surface area (Å²) in [5.41, 5.74) is 25.2. The molecule has 20 aromatic rings. The van der Waals surface area contributed by atoms with E-state index in [0.29, 0.717) is 29.3 Å². The van der Waals surface area contributed by atoms with Crippen molar-refractivity contribution in [3.05, 3.63) is 364 Å². The van der Waals surface area contributed by atoms with Gasteiger partial charge in [-0.3, -0.25) is 0 Å². The van der Waals surface area contributed by atoms with E-state index in [1.807, 2.05) is 115 Å². The monoisotopic (exact) mass is 1330 g/mol. The van der Waals surface area contributed by atoms with Crippen LogP contribution in [0.15, 0.2) is 373 Å². The van der Waals surface area contributed by atoms with E-state index in [2.05, 4.69) is 258 Å². The van der Waals surface area contributed by atoms with E-state index in [4.69, 9.17) is 38.7 Å². The second-order valence-electron chi connectivity index (χ2n) is 25.7. The van der Waals surface area contributed by atoms with Crippen LogP contribution in [0.4, 0.5) is 0 Å². The van der Waals surface area contributed by atoms with Gasteiger partial charge >= 0.3 is 0 Å². The van der Waals surface area contributed by atoms with E-state index in [-0.39, 0.29) is 0 Å². The quantitative estimate of drug-likeness (QED) is 0.119. The van der Waals surface area contributed by atoms with Crippen LogP contribution >= 0.6 is 0 Å². The van der Waals surface area contributed by atoms with Gasteiger partial charge in [0.05, 0.1) is 44.2 Å². The molecule has 0 saturated heterocycles. The Labute approximate surface area is 598 Å². The molecule has 0 aliphatic heterocycles. The molecule has 0 aliphatic rings. The Morgan fingerprint density at radius 3 is 1.01 bits per heavy atom. The van der Waals surface area contributed by atoms with Gasteiger partial charge in [0.15, 0.2) is 28.6 Å². The molecule has 0 atom stereocenters. The lowest BCUT2D eigenvalue weighted by Gasteiger charge is -2.12. The van der Waals surface area contributed by atoms with Gasteiger partial charge in [-0.05, 0) is 130 Å². The first kappa shape index (κ1) is 60.9. The van der Waals surface area contributed by atoms with Gasteiger partial charge in [0.2, 0.25) is 11.8 Å². The lowest BCUT2D eigenvalue weighted by atomic mass is 9.97. The van der Waals surface area contributed by atoms with Crippen molar-refractivity contribution in [2.75, 3.05) is 0 Å². The first-order chi connectivity index (χ1) is 51.5. The van der Waals surface area contributed by atoms with Crippen LogP contribution in [0.25, 0.3) is 190 Å². The minimum absolute atomic E-state index is 0.601. The maximum atomic E-state index is 6.51. The molecule has 6 heterocycles. The molecule has 10 heteroatoms. The average Bonchev–Trinajstić information content (AvgIpc) is 1.57. The Bertz CT molecular complexity index is 6540. The highest BCUT2D eigenvalue weighted by molar-refractivity contribution is 6.20. The molecule has 14 aromatic carbocycles. The van der Waals surface area contributed by atoms with Crippen LogP contribution in [0.5, 0.6) is 0 Å². The van der Waals surface area contributed by atoms with Crippen molar-refractivity contribution in [2.24, 2.45) is 0 Å². The highest BCUT2D eigenvalue weighted by Crippen LogP contribution is 2.42. The predicted octanol–water partition coefficient (Wildman–Crippen LogP) is 24.1. The standard InChI is InChI=1S/C48H31N3O.C46H29N5O/c1-4-12-32(13-5-1)33-20-22-34(23-21-33)38-30-42(35-14-6-2-7-15-35)49-43(31-38)36-24-26-39(27-25-36)51-44-19-11-10-18-40(44)46-45(51)29-28-41-47(46)52-48(50-41)37-16-8-3-9-17-37;1-4-13-30(14-5-1)31-23-25-33(26-24-31)44-48-43(32-15-6-2-7-16-32)49-45(50-44)35-19-12-20-36(29-35)51-39-22-11-10-21-37(39)41-40(51)28-27-38-42(41)52-46(47-38)34-17-8-3-9-18-34/h1-31H;1-29H. The molecule has 0 amide bonds. The van der Waals surface area contributed by atoms with Gasteiger partial charge < -0.3 is 18.0 Å². The molecule has 20 rings (SSSR count). The molecule has 0 bridgehead atoms. The van der Waals surface area contributed by atoms with Crippen molar-refractivity contribution in [1.82, 2.24) is 39.0 Å². The summed E-state index contributed by atoms with van der Waals surface area (Å²) < 4.78 is 17.6. The maximum Gasteiger partial charge on any atom is 0.227 e. The van der Waals surface area contributed by atoms with E-state index in [1.54, 1.807) is 0 Å². The molecular weight excluding hydrogens is 1270 g/mol. The molecule has 0 N–H and O–H groups in total. The summed E-state index contributed by atoms with van der Waals surface area (Å²) in [7, 11) is 0. The van der Waals surface area contributed by atoms with Crippen LogP contribution in [0.2, 0.25) is 0 Å². The number of benzene rings is 14. The van der Waals surface area contributed by atoms with Crippen LogP contribution < -0.4 is 0 Å².